The lowest BCUT2D eigenvalue weighted by Crippen LogP contribution is -2.21. The standard InChI is InChI=1S/C15H25NO/c1-12(2)16-10-13-6-8-14(9-7-13)11-17-15(3,4)5/h6-9,12,16H,10-11H2,1-5H3. The predicted octanol–water partition coefficient (Wildman–Crippen LogP) is 3.50. The van der Waals surface area contributed by atoms with Crippen LogP contribution in [0.2, 0.25) is 0 Å². The number of rotatable bonds is 5. The first-order chi connectivity index (χ1) is 7.87. The zero-order valence-corrected chi connectivity index (χ0v) is 11.7. The molecule has 0 atom stereocenters. The van der Waals surface area contributed by atoms with Gasteiger partial charge in [0.25, 0.3) is 0 Å². The van der Waals surface area contributed by atoms with E-state index in [4.69, 9.17) is 4.74 Å². The molecule has 1 rings (SSSR count). The Morgan fingerprint density at radius 3 is 2.06 bits per heavy atom. The summed E-state index contributed by atoms with van der Waals surface area (Å²) >= 11 is 0. The molecule has 1 N–H and O–H groups in total. The highest BCUT2D eigenvalue weighted by Gasteiger charge is 2.09. The summed E-state index contributed by atoms with van der Waals surface area (Å²) in [6, 6.07) is 9.14. The molecule has 0 aliphatic heterocycles. The summed E-state index contributed by atoms with van der Waals surface area (Å²) in [7, 11) is 0. The van der Waals surface area contributed by atoms with Gasteiger partial charge in [0.2, 0.25) is 0 Å². The van der Waals surface area contributed by atoms with E-state index in [1.54, 1.807) is 0 Å². The Morgan fingerprint density at radius 1 is 1.06 bits per heavy atom. The molecule has 0 fully saturated rings. The number of benzene rings is 1. The van der Waals surface area contributed by atoms with E-state index in [9.17, 15) is 0 Å². The van der Waals surface area contributed by atoms with Crippen LogP contribution in [0.25, 0.3) is 0 Å². The van der Waals surface area contributed by atoms with E-state index < -0.39 is 0 Å². The molecule has 2 nitrogen and oxygen atoms in total. The Hall–Kier alpha value is -0.860. The van der Waals surface area contributed by atoms with Crippen molar-refractivity contribution in [3.63, 3.8) is 0 Å². The number of hydrogen-bond donors (Lipinski definition) is 1. The van der Waals surface area contributed by atoms with E-state index in [0.717, 1.165) is 6.54 Å². The maximum Gasteiger partial charge on any atom is 0.0724 e. The van der Waals surface area contributed by atoms with Crippen molar-refractivity contribution in [2.75, 3.05) is 0 Å². The number of nitrogens with one attached hydrogen (secondary N) is 1. The summed E-state index contributed by atoms with van der Waals surface area (Å²) in [6.45, 7) is 12.2. The summed E-state index contributed by atoms with van der Waals surface area (Å²) in [5, 5.41) is 3.41. The zero-order chi connectivity index (χ0) is 12.9. The highest BCUT2D eigenvalue weighted by atomic mass is 16.5. The molecule has 0 aliphatic rings. The maximum atomic E-state index is 5.74. The monoisotopic (exact) mass is 235 g/mol. The molecule has 1 aromatic carbocycles. The van der Waals surface area contributed by atoms with Crippen molar-refractivity contribution in [2.24, 2.45) is 0 Å². The molecule has 96 valence electrons. The fraction of sp³-hybridized carbons (Fsp3) is 0.600. The molecule has 0 aromatic heterocycles. The van der Waals surface area contributed by atoms with E-state index in [1.807, 2.05) is 0 Å². The minimum absolute atomic E-state index is 0.0716. The molecule has 1 aromatic rings. The van der Waals surface area contributed by atoms with Gasteiger partial charge in [-0.3, -0.25) is 0 Å². The Kier molecular flexibility index (Phi) is 5.16. The Morgan fingerprint density at radius 2 is 1.59 bits per heavy atom. The Bertz CT molecular complexity index is 322. The zero-order valence-electron chi connectivity index (χ0n) is 11.7. The molecule has 0 saturated carbocycles. The minimum Gasteiger partial charge on any atom is -0.371 e. The third-order valence-corrected chi connectivity index (χ3v) is 2.41. The van der Waals surface area contributed by atoms with Crippen LogP contribution in [0.15, 0.2) is 24.3 Å². The van der Waals surface area contributed by atoms with Gasteiger partial charge in [-0.05, 0) is 31.9 Å². The van der Waals surface area contributed by atoms with Gasteiger partial charge in [-0.15, -0.1) is 0 Å². The van der Waals surface area contributed by atoms with Crippen molar-refractivity contribution in [2.45, 2.75) is 59.4 Å². The van der Waals surface area contributed by atoms with Crippen LogP contribution < -0.4 is 5.32 Å². The second kappa shape index (κ2) is 6.18. The van der Waals surface area contributed by atoms with Gasteiger partial charge in [-0.2, -0.15) is 0 Å². The van der Waals surface area contributed by atoms with Crippen LogP contribution in [0.3, 0.4) is 0 Å². The SMILES string of the molecule is CC(C)NCc1ccc(COC(C)(C)C)cc1. The smallest absolute Gasteiger partial charge is 0.0724 e. The third-order valence-electron chi connectivity index (χ3n) is 2.41. The Labute approximate surface area is 105 Å². The van der Waals surface area contributed by atoms with Crippen molar-refractivity contribution in [3.05, 3.63) is 35.4 Å². The van der Waals surface area contributed by atoms with Gasteiger partial charge in [0.1, 0.15) is 0 Å². The van der Waals surface area contributed by atoms with E-state index in [0.29, 0.717) is 12.6 Å². The molecule has 2 heteroatoms. The van der Waals surface area contributed by atoms with E-state index in [1.165, 1.54) is 11.1 Å². The van der Waals surface area contributed by atoms with Crippen molar-refractivity contribution in [1.29, 1.82) is 0 Å². The molecule has 0 spiro atoms. The molecule has 17 heavy (non-hydrogen) atoms. The van der Waals surface area contributed by atoms with Crippen molar-refractivity contribution in [1.82, 2.24) is 5.32 Å². The van der Waals surface area contributed by atoms with Crippen LogP contribution in [0, 0.1) is 0 Å². The molecular weight excluding hydrogens is 210 g/mol. The lowest BCUT2D eigenvalue weighted by molar-refractivity contribution is -0.0149. The predicted molar refractivity (Wildman–Crippen MR) is 73.0 cm³/mol. The Balaban J connectivity index is 2.45. The third kappa shape index (κ3) is 6.44. The lowest BCUT2D eigenvalue weighted by Gasteiger charge is -2.19. The van der Waals surface area contributed by atoms with Gasteiger partial charge in [0.05, 0.1) is 12.2 Å². The fourth-order valence-electron chi connectivity index (χ4n) is 1.38. The first-order valence-corrected chi connectivity index (χ1v) is 6.32. The first-order valence-electron chi connectivity index (χ1n) is 6.32. The molecule has 0 amide bonds. The topological polar surface area (TPSA) is 21.3 Å². The van der Waals surface area contributed by atoms with Gasteiger partial charge in [-0.25, -0.2) is 0 Å². The molecule has 0 bridgehead atoms. The molecule has 0 heterocycles. The average Bonchev–Trinajstić information content (AvgIpc) is 2.24. The first kappa shape index (κ1) is 14.2. The van der Waals surface area contributed by atoms with Crippen LogP contribution in [0.1, 0.15) is 45.7 Å². The maximum absolute atomic E-state index is 5.74. The second-order valence-corrected chi connectivity index (χ2v) is 5.75. The van der Waals surface area contributed by atoms with Crippen LogP contribution in [-0.2, 0) is 17.9 Å². The van der Waals surface area contributed by atoms with Crippen LogP contribution >= 0.6 is 0 Å². The molecule has 0 radical (unpaired) electrons. The average molecular weight is 235 g/mol. The quantitative estimate of drug-likeness (QED) is 0.843. The van der Waals surface area contributed by atoms with Crippen LogP contribution in [-0.4, -0.2) is 11.6 Å². The lowest BCUT2D eigenvalue weighted by atomic mass is 10.1. The summed E-state index contributed by atoms with van der Waals surface area (Å²) in [5.41, 5.74) is 2.48. The highest BCUT2D eigenvalue weighted by molar-refractivity contribution is 5.22. The molecule has 0 saturated heterocycles. The van der Waals surface area contributed by atoms with E-state index in [2.05, 4.69) is 64.2 Å². The van der Waals surface area contributed by atoms with Gasteiger partial charge >= 0.3 is 0 Å². The molecule has 0 aliphatic carbocycles. The number of ether oxygens (including phenoxy) is 1. The summed E-state index contributed by atoms with van der Waals surface area (Å²) in [4.78, 5) is 0. The van der Waals surface area contributed by atoms with Crippen molar-refractivity contribution < 1.29 is 4.74 Å². The van der Waals surface area contributed by atoms with Gasteiger partial charge in [0.15, 0.2) is 0 Å². The largest absolute Gasteiger partial charge is 0.371 e. The van der Waals surface area contributed by atoms with Crippen molar-refractivity contribution >= 4 is 0 Å². The van der Waals surface area contributed by atoms with Gasteiger partial charge < -0.3 is 10.1 Å². The highest BCUT2D eigenvalue weighted by Crippen LogP contribution is 2.12. The van der Waals surface area contributed by atoms with E-state index >= 15 is 0 Å². The summed E-state index contributed by atoms with van der Waals surface area (Å²) < 4.78 is 5.74. The second-order valence-electron chi connectivity index (χ2n) is 5.75. The normalized spacial score (nSPS) is 12.1. The van der Waals surface area contributed by atoms with Crippen LogP contribution in [0.4, 0.5) is 0 Å². The van der Waals surface area contributed by atoms with Crippen molar-refractivity contribution in [3.8, 4) is 0 Å². The van der Waals surface area contributed by atoms with Gasteiger partial charge in [-0.1, -0.05) is 38.1 Å². The summed E-state index contributed by atoms with van der Waals surface area (Å²) in [5.74, 6) is 0. The molecule has 0 unspecified atom stereocenters. The fourth-order valence-corrected chi connectivity index (χ4v) is 1.38. The summed E-state index contributed by atoms with van der Waals surface area (Å²) in [6.07, 6.45) is 0. The van der Waals surface area contributed by atoms with E-state index in [-0.39, 0.29) is 5.60 Å². The number of hydrogen-bond acceptors (Lipinski definition) is 2. The van der Waals surface area contributed by atoms with Gasteiger partial charge in [0, 0.05) is 12.6 Å². The minimum atomic E-state index is -0.0716. The van der Waals surface area contributed by atoms with Crippen LogP contribution in [0.5, 0.6) is 0 Å². The molecular formula is C15H25NO.